The van der Waals surface area contributed by atoms with Gasteiger partial charge in [0, 0.05) is 27.9 Å². The van der Waals surface area contributed by atoms with Crippen LogP contribution in [-0.2, 0) is 42.9 Å². The maximum absolute atomic E-state index is 12.0. The number of nitrogens with zero attached hydrogens (tertiary/aromatic N) is 1. The first kappa shape index (κ1) is 21.3. The van der Waals surface area contributed by atoms with Gasteiger partial charge in [0.1, 0.15) is 12.7 Å². The molecule has 5 unspecified atom stereocenters. The van der Waals surface area contributed by atoms with Gasteiger partial charge in [-0.05, 0) is 0 Å². The number of aliphatic carboxylic acids is 1. The van der Waals surface area contributed by atoms with Crippen LogP contribution in [0.2, 0.25) is 0 Å². The topological polar surface area (TPSA) is 158 Å². The van der Waals surface area contributed by atoms with Crippen LogP contribution >= 0.6 is 0 Å². The Kier molecular flexibility index (Phi) is 7.05. The predicted octanol–water partition coefficient (Wildman–Crippen LogP) is -0.621. The average Bonchev–Trinajstić information content (AvgIpc) is 2.53. The Hall–Kier alpha value is -2.71. The molecule has 0 aromatic carbocycles. The number of carbonyl (C=O) groups excluding carboxylic acids is 3. The third-order valence-corrected chi connectivity index (χ3v) is 3.60. The summed E-state index contributed by atoms with van der Waals surface area (Å²) in [4.78, 5) is 46.0. The highest BCUT2D eigenvalue weighted by Crippen LogP contribution is 2.41. The number of ether oxygens (including phenoxy) is 5. The molecule has 5 atom stereocenters. The highest BCUT2D eigenvalue weighted by atomic mass is 16.7. The lowest BCUT2D eigenvalue weighted by Gasteiger charge is -2.46. The third kappa shape index (κ3) is 4.27. The minimum Gasteiger partial charge on any atom is -0.480 e. The monoisotopic (exact) mass is 373 g/mol. The molecule has 1 aliphatic rings. The van der Waals surface area contributed by atoms with Crippen LogP contribution in [0.4, 0.5) is 0 Å². The molecule has 0 amide bonds. The van der Waals surface area contributed by atoms with Crippen LogP contribution in [0.25, 0.3) is 0 Å². The first-order chi connectivity index (χ1) is 12.1. The molecule has 0 spiro atoms. The van der Waals surface area contributed by atoms with Crippen LogP contribution in [0, 0.1) is 16.7 Å². The number of carboxylic acids is 1. The molecule has 1 N–H and O–H groups in total. The van der Waals surface area contributed by atoms with E-state index in [0.717, 1.165) is 27.9 Å². The summed E-state index contributed by atoms with van der Waals surface area (Å²) in [6.45, 7) is 2.59. The molecule has 1 heterocycles. The van der Waals surface area contributed by atoms with E-state index in [1.54, 1.807) is 6.07 Å². The second kappa shape index (κ2) is 8.59. The number of rotatable bonds is 6. The largest absolute Gasteiger partial charge is 0.480 e. The van der Waals surface area contributed by atoms with Gasteiger partial charge in [0.2, 0.25) is 5.41 Å². The summed E-state index contributed by atoms with van der Waals surface area (Å²) < 4.78 is 25.2. The minimum atomic E-state index is -2.55. The molecule has 0 aliphatic carbocycles. The smallest absolute Gasteiger partial charge is 0.332 e. The molecule has 0 aromatic heterocycles. The van der Waals surface area contributed by atoms with Gasteiger partial charge >= 0.3 is 23.9 Å². The third-order valence-electron chi connectivity index (χ3n) is 3.60. The standard InChI is InChI=1S/C15H19NO10/c1-7(17)23-5-10-11(24-8(2)18)15(6-16,14(20)21)12(25-9(3)19)13(22-4)26-10/h10-13H,5H2,1-4H3,(H,20,21). The van der Waals surface area contributed by atoms with Crippen molar-refractivity contribution >= 4 is 23.9 Å². The van der Waals surface area contributed by atoms with Crippen LogP contribution < -0.4 is 0 Å². The Morgan fingerprint density at radius 3 is 2.00 bits per heavy atom. The van der Waals surface area contributed by atoms with Crippen LogP contribution in [0.3, 0.4) is 0 Å². The SMILES string of the molecule is COC1OC(COC(C)=O)C(OC(C)=O)C(C#N)(C(=O)O)C1OC(C)=O. The summed E-state index contributed by atoms with van der Waals surface area (Å²) in [5.41, 5.74) is -2.55. The number of methoxy groups -OCH3 is 1. The second-order valence-corrected chi connectivity index (χ2v) is 5.43. The number of hydrogen-bond acceptors (Lipinski definition) is 10. The maximum atomic E-state index is 12.0. The lowest BCUT2D eigenvalue weighted by molar-refractivity contribution is -0.301. The van der Waals surface area contributed by atoms with E-state index >= 15 is 0 Å². The van der Waals surface area contributed by atoms with Gasteiger partial charge in [-0.1, -0.05) is 0 Å². The second-order valence-electron chi connectivity index (χ2n) is 5.43. The minimum absolute atomic E-state index is 0.517. The van der Waals surface area contributed by atoms with Crippen LogP contribution in [0.1, 0.15) is 20.8 Å². The molecule has 0 aromatic rings. The van der Waals surface area contributed by atoms with Crippen molar-refractivity contribution in [3.63, 3.8) is 0 Å². The van der Waals surface area contributed by atoms with Crippen molar-refractivity contribution in [2.75, 3.05) is 13.7 Å². The number of hydrogen-bond donors (Lipinski definition) is 1. The molecule has 1 fully saturated rings. The molecule has 1 saturated heterocycles. The van der Waals surface area contributed by atoms with Gasteiger partial charge in [-0.25, -0.2) is 0 Å². The lowest BCUT2D eigenvalue weighted by Crippen LogP contribution is -2.67. The summed E-state index contributed by atoms with van der Waals surface area (Å²) in [5.74, 6) is -4.24. The summed E-state index contributed by atoms with van der Waals surface area (Å²) in [5, 5.41) is 19.4. The summed E-state index contributed by atoms with van der Waals surface area (Å²) in [6, 6.07) is 1.56. The zero-order valence-electron chi connectivity index (χ0n) is 14.6. The summed E-state index contributed by atoms with van der Waals surface area (Å²) in [7, 11) is 1.14. The number of esters is 3. The first-order valence-electron chi connectivity index (χ1n) is 7.40. The number of carbonyl (C=O) groups is 4. The van der Waals surface area contributed by atoms with E-state index in [-0.39, 0.29) is 0 Å². The van der Waals surface area contributed by atoms with E-state index in [1.807, 2.05) is 0 Å². The summed E-state index contributed by atoms with van der Waals surface area (Å²) >= 11 is 0. The van der Waals surface area contributed by atoms with Crippen LogP contribution in [0.15, 0.2) is 0 Å². The normalized spacial score (nSPS) is 30.6. The van der Waals surface area contributed by atoms with Gasteiger partial charge < -0.3 is 28.8 Å². The number of carboxylic acid groups (broad SMARTS) is 1. The van der Waals surface area contributed by atoms with Gasteiger partial charge in [0.25, 0.3) is 0 Å². The highest BCUT2D eigenvalue weighted by molar-refractivity contribution is 5.82. The van der Waals surface area contributed by atoms with Crippen molar-refractivity contribution in [2.24, 2.45) is 5.41 Å². The van der Waals surface area contributed by atoms with E-state index in [1.165, 1.54) is 0 Å². The molecule has 0 saturated carbocycles. The molecular weight excluding hydrogens is 354 g/mol. The maximum Gasteiger partial charge on any atom is 0.332 e. The van der Waals surface area contributed by atoms with Gasteiger partial charge in [-0.2, -0.15) is 5.26 Å². The lowest BCUT2D eigenvalue weighted by atomic mass is 9.73. The van der Waals surface area contributed by atoms with Gasteiger partial charge in [-0.15, -0.1) is 0 Å². The molecular formula is C15H19NO10. The van der Waals surface area contributed by atoms with Crippen molar-refractivity contribution in [2.45, 2.75) is 45.4 Å². The molecule has 1 aliphatic heterocycles. The number of nitriles is 1. The van der Waals surface area contributed by atoms with Crippen LogP contribution in [0.5, 0.6) is 0 Å². The highest BCUT2D eigenvalue weighted by Gasteiger charge is 2.66. The van der Waals surface area contributed by atoms with Crippen molar-refractivity contribution in [1.29, 1.82) is 5.26 Å². The van der Waals surface area contributed by atoms with Crippen molar-refractivity contribution < 1.29 is 48.0 Å². The predicted molar refractivity (Wildman–Crippen MR) is 79.1 cm³/mol. The Labute approximate surface area is 148 Å². The zero-order chi connectivity index (χ0) is 20.1. The van der Waals surface area contributed by atoms with E-state index in [0.29, 0.717) is 0 Å². The van der Waals surface area contributed by atoms with Gasteiger partial charge in [-0.3, -0.25) is 19.2 Å². The van der Waals surface area contributed by atoms with Crippen molar-refractivity contribution in [3.05, 3.63) is 0 Å². The quantitative estimate of drug-likeness (QED) is 0.467. The molecule has 11 heteroatoms. The molecule has 0 radical (unpaired) electrons. The molecule has 144 valence electrons. The first-order valence-corrected chi connectivity index (χ1v) is 7.40. The Morgan fingerprint density at radius 2 is 1.62 bits per heavy atom. The van der Waals surface area contributed by atoms with E-state index in [2.05, 4.69) is 0 Å². The molecule has 1 rings (SSSR count). The summed E-state index contributed by atoms with van der Waals surface area (Å²) in [6.07, 6.45) is -6.32. The van der Waals surface area contributed by atoms with Crippen molar-refractivity contribution in [1.82, 2.24) is 0 Å². The molecule has 11 nitrogen and oxygen atoms in total. The average molecular weight is 373 g/mol. The Morgan fingerprint density at radius 1 is 1.08 bits per heavy atom. The van der Waals surface area contributed by atoms with Crippen molar-refractivity contribution in [3.8, 4) is 6.07 Å². The zero-order valence-corrected chi connectivity index (χ0v) is 14.6. The molecule has 26 heavy (non-hydrogen) atoms. The van der Waals surface area contributed by atoms with E-state index in [9.17, 15) is 29.5 Å². The van der Waals surface area contributed by atoms with Crippen LogP contribution in [-0.4, -0.2) is 67.3 Å². The van der Waals surface area contributed by atoms with E-state index in [4.69, 9.17) is 23.7 Å². The fourth-order valence-electron chi connectivity index (χ4n) is 2.58. The fourth-order valence-corrected chi connectivity index (χ4v) is 2.58. The Bertz CT molecular complexity index is 626. The fraction of sp³-hybridized carbons (Fsp3) is 0.667. The van der Waals surface area contributed by atoms with E-state index < -0.39 is 60.5 Å². The molecule has 0 bridgehead atoms. The van der Waals surface area contributed by atoms with Gasteiger partial charge in [0.15, 0.2) is 18.5 Å². The Balaban J connectivity index is 3.49. The van der Waals surface area contributed by atoms with Gasteiger partial charge in [0.05, 0.1) is 6.07 Å².